The van der Waals surface area contributed by atoms with Gasteiger partial charge in [-0.1, -0.05) is 12.1 Å². The van der Waals surface area contributed by atoms with Crippen LogP contribution >= 0.6 is 0 Å². The van der Waals surface area contributed by atoms with E-state index < -0.39 is 41.8 Å². The van der Waals surface area contributed by atoms with Gasteiger partial charge in [-0.3, -0.25) is 14.4 Å². The Bertz CT molecular complexity index is 931. The fraction of sp³-hybridized carbons (Fsp3) is 0.350. The van der Waals surface area contributed by atoms with Crippen LogP contribution in [0.2, 0.25) is 0 Å². The molecule has 0 bridgehead atoms. The van der Waals surface area contributed by atoms with Crippen molar-refractivity contribution >= 4 is 23.7 Å². The lowest BCUT2D eigenvalue weighted by Gasteiger charge is -2.22. The maximum absolute atomic E-state index is 12.9. The maximum atomic E-state index is 12.9. The second kappa shape index (κ2) is 11.5. The highest BCUT2D eigenvalue weighted by Gasteiger charge is 2.28. The second-order valence-electron chi connectivity index (χ2n) is 7.22. The highest BCUT2D eigenvalue weighted by atomic mass is 16.4. The van der Waals surface area contributed by atoms with Crippen LogP contribution < -0.4 is 22.1 Å². The van der Waals surface area contributed by atoms with E-state index in [0.717, 1.165) is 0 Å². The molecular formula is C20H26N6O6. The minimum atomic E-state index is -1.28. The molecule has 3 unspecified atom stereocenters. The number of amides is 3. The number of H-pyrrole nitrogens is 1. The number of carbonyl (C=O) groups excluding carboxylic acids is 3. The van der Waals surface area contributed by atoms with E-state index in [1.54, 1.807) is 12.1 Å². The lowest BCUT2D eigenvalue weighted by Crippen LogP contribution is -2.55. The van der Waals surface area contributed by atoms with E-state index in [4.69, 9.17) is 11.5 Å². The van der Waals surface area contributed by atoms with Gasteiger partial charge in [-0.05, 0) is 24.1 Å². The van der Waals surface area contributed by atoms with Crippen molar-refractivity contribution < 1.29 is 29.4 Å². The molecule has 0 aliphatic carbocycles. The monoisotopic (exact) mass is 446 g/mol. The number of carboxylic acids is 1. The molecule has 2 aromatic rings. The maximum Gasteiger partial charge on any atom is 0.326 e. The van der Waals surface area contributed by atoms with Crippen molar-refractivity contribution in [2.24, 2.45) is 11.5 Å². The third kappa shape index (κ3) is 7.72. The van der Waals surface area contributed by atoms with Gasteiger partial charge in [-0.25, -0.2) is 9.78 Å². The van der Waals surface area contributed by atoms with Crippen LogP contribution in [0.15, 0.2) is 36.8 Å². The van der Waals surface area contributed by atoms with Crippen LogP contribution in [0.3, 0.4) is 0 Å². The van der Waals surface area contributed by atoms with Crippen LogP contribution in [-0.2, 0) is 32.0 Å². The van der Waals surface area contributed by atoms with E-state index in [-0.39, 0.29) is 31.4 Å². The molecule has 0 radical (unpaired) electrons. The highest BCUT2D eigenvalue weighted by molar-refractivity contribution is 5.92. The Labute approximate surface area is 183 Å². The van der Waals surface area contributed by atoms with Crippen molar-refractivity contribution in [1.29, 1.82) is 0 Å². The summed E-state index contributed by atoms with van der Waals surface area (Å²) in [6.07, 6.45) is 2.73. The minimum absolute atomic E-state index is 0.00182. The molecule has 0 spiro atoms. The van der Waals surface area contributed by atoms with Gasteiger partial charge in [0.2, 0.25) is 17.7 Å². The predicted molar refractivity (Wildman–Crippen MR) is 112 cm³/mol. The first-order valence-corrected chi connectivity index (χ1v) is 9.78. The molecule has 9 N–H and O–H groups in total. The number of phenols is 1. The average Bonchev–Trinajstić information content (AvgIpc) is 3.25. The van der Waals surface area contributed by atoms with Gasteiger partial charge in [0.15, 0.2) is 0 Å². The molecular weight excluding hydrogens is 420 g/mol. The number of aromatic nitrogens is 2. The van der Waals surface area contributed by atoms with Crippen molar-refractivity contribution in [3.8, 4) is 5.75 Å². The number of aliphatic carboxylic acids is 1. The molecule has 3 atom stereocenters. The molecule has 1 aromatic heterocycles. The third-order valence-corrected chi connectivity index (χ3v) is 4.64. The Kier molecular flexibility index (Phi) is 8.72. The summed E-state index contributed by atoms with van der Waals surface area (Å²) in [5.41, 5.74) is 11.9. The van der Waals surface area contributed by atoms with Crippen LogP contribution in [0.4, 0.5) is 0 Å². The smallest absolute Gasteiger partial charge is 0.326 e. The number of benzene rings is 1. The zero-order valence-electron chi connectivity index (χ0n) is 17.2. The number of carboxylic acid groups (broad SMARTS) is 1. The number of nitrogens with one attached hydrogen (secondary N) is 3. The number of nitrogens with two attached hydrogens (primary N) is 2. The van der Waals surface area contributed by atoms with E-state index in [1.807, 2.05) is 0 Å². The van der Waals surface area contributed by atoms with Gasteiger partial charge < -0.3 is 37.3 Å². The molecule has 1 heterocycles. The Morgan fingerprint density at radius 3 is 2.25 bits per heavy atom. The largest absolute Gasteiger partial charge is 0.508 e. The summed E-state index contributed by atoms with van der Waals surface area (Å²) in [7, 11) is 0. The lowest BCUT2D eigenvalue weighted by molar-refractivity contribution is -0.142. The van der Waals surface area contributed by atoms with E-state index in [2.05, 4.69) is 20.6 Å². The van der Waals surface area contributed by atoms with Crippen LogP contribution in [0.1, 0.15) is 24.1 Å². The Hall–Kier alpha value is -3.93. The van der Waals surface area contributed by atoms with E-state index in [9.17, 15) is 29.4 Å². The van der Waals surface area contributed by atoms with Gasteiger partial charge in [-0.2, -0.15) is 0 Å². The van der Waals surface area contributed by atoms with Crippen molar-refractivity contribution in [2.75, 3.05) is 0 Å². The SMILES string of the molecule is NC(=O)CCC(N)C(=O)NC(Cc1cnc[nH]1)C(=O)NC(Cc1ccc(O)cc1)C(=O)O. The number of carbonyl (C=O) groups is 4. The number of rotatable bonds is 12. The molecule has 12 nitrogen and oxygen atoms in total. The van der Waals surface area contributed by atoms with Crippen molar-refractivity contribution in [3.05, 3.63) is 48.0 Å². The first-order valence-electron chi connectivity index (χ1n) is 9.78. The summed E-state index contributed by atoms with van der Waals surface area (Å²) in [5.74, 6) is -3.27. The molecule has 0 saturated heterocycles. The van der Waals surface area contributed by atoms with Crippen molar-refractivity contribution in [1.82, 2.24) is 20.6 Å². The highest BCUT2D eigenvalue weighted by Crippen LogP contribution is 2.12. The average molecular weight is 446 g/mol. The number of nitrogens with zero attached hydrogens (tertiary/aromatic N) is 1. The molecule has 172 valence electrons. The van der Waals surface area contributed by atoms with Gasteiger partial charge in [0.25, 0.3) is 0 Å². The number of hydrogen-bond donors (Lipinski definition) is 7. The molecule has 12 heteroatoms. The Morgan fingerprint density at radius 2 is 1.69 bits per heavy atom. The van der Waals surface area contributed by atoms with Crippen molar-refractivity contribution in [2.45, 2.75) is 43.8 Å². The quantitative estimate of drug-likeness (QED) is 0.204. The van der Waals surface area contributed by atoms with Crippen LogP contribution in [0.25, 0.3) is 0 Å². The number of phenolic OH excluding ortho intramolecular Hbond substituents is 1. The number of primary amides is 1. The first kappa shape index (κ1) is 24.3. The molecule has 32 heavy (non-hydrogen) atoms. The van der Waals surface area contributed by atoms with E-state index in [1.165, 1.54) is 24.7 Å². The molecule has 0 saturated carbocycles. The number of aromatic amines is 1. The topological polar surface area (TPSA) is 214 Å². The fourth-order valence-electron chi connectivity index (χ4n) is 2.87. The Morgan fingerprint density at radius 1 is 1.03 bits per heavy atom. The van der Waals surface area contributed by atoms with E-state index in [0.29, 0.717) is 11.3 Å². The number of hydrogen-bond acceptors (Lipinski definition) is 7. The van der Waals surface area contributed by atoms with Gasteiger partial charge in [0.1, 0.15) is 17.8 Å². The molecule has 1 aromatic carbocycles. The van der Waals surface area contributed by atoms with Gasteiger partial charge in [0, 0.05) is 31.2 Å². The van der Waals surface area contributed by atoms with Crippen LogP contribution in [0.5, 0.6) is 5.75 Å². The Balaban J connectivity index is 2.10. The van der Waals surface area contributed by atoms with Gasteiger partial charge in [-0.15, -0.1) is 0 Å². The lowest BCUT2D eigenvalue weighted by atomic mass is 10.0. The summed E-state index contributed by atoms with van der Waals surface area (Å²) in [6.45, 7) is 0. The molecule has 0 aliphatic rings. The zero-order chi connectivity index (χ0) is 23.7. The summed E-state index contributed by atoms with van der Waals surface area (Å²) >= 11 is 0. The molecule has 3 amide bonds. The zero-order valence-corrected chi connectivity index (χ0v) is 17.2. The van der Waals surface area contributed by atoms with Crippen LogP contribution in [0, 0.1) is 0 Å². The molecule has 0 aliphatic heterocycles. The predicted octanol–water partition coefficient (Wildman–Crippen LogP) is -1.45. The summed E-state index contributed by atoms with van der Waals surface area (Å²) in [5, 5.41) is 23.8. The summed E-state index contributed by atoms with van der Waals surface area (Å²) in [4.78, 5) is 54.6. The van der Waals surface area contributed by atoms with Crippen molar-refractivity contribution in [3.63, 3.8) is 0 Å². The summed E-state index contributed by atoms with van der Waals surface area (Å²) < 4.78 is 0. The summed E-state index contributed by atoms with van der Waals surface area (Å²) in [6, 6.07) is 2.39. The van der Waals surface area contributed by atoms with Gasteiger partial charge >= 0.3 is 5.97 Å². The minimum Gasteiger partial charge on any atom is -0.508 e. The van der Waals surface area contributed by atoms with E-state index >= 15 is 0 Å². The normalized spacial score (nSPS) is 13.5. The number of aromatic hydroxyl groups is 1. The molecule has 0 fully saturated rings. The fourth-order valence-corrected chi connectivity index (χ4v) is 2.87. The van der Waals surface area contributed by atoms with Gasteiger partial charge in [0.05, 0.1) is 12.4 Å². The standard InChI is InChI=1S/C20H26N6O6/c21-14(5-6-17(22)28)18(29)25-15(8-12-9-23-10-24-12)19(30)26-16(20(31)32)7-11-1-3-13(27)4-2-11/h1-4,9-10,14-16,27H,5-8,21H2,(H2,22,28)(H,23,24)(H,25,29)(H,26,30)(H,31,32). The second-order valence-corrected chi connectivity index (χ2v) is 7.22. The third-order valence-electron chi connectivity index (χ3n) is 4.64. The molecule has 2 rings (SSSR count). The first-order chi connectivity index (χ1) is 15.2. The van der Waals surface area contributed by atoms with Crippen LogP contribution in [-0.4, -0.2) is 62.0 Å². The number of imidazole rings is 1.